The third kappa shape index (κ3) is 4.09. The molecule has 1 rings (SSSR count). The standard InChI is InChI=1S/C13H16N2O4/c1-3-8-14-11(16)12(17)15-10-7-5-4-6-9(10)13(18)19-2/h4-7H,3,8H2,1-2H3,(H,14,16)(H,15,17). The van der Waals surface area contributed by atoms with E-state index in [-0.39, 0.29) is 11.3 Å². The third-order valence-corrected chi connectivity index (χ3v) is 2.32. The summed E-state index contributed by atoms with van der Waals surface area (Å²) in [5, 5.41) is 4.83. The van der Waals surface area contributed by atoms with Gasteiger partial charge in [0, 0.05) is 6.54 Å². The Hall–Kier alpha value is -2.37. The molecule has 102 valence electrons. The van der Waals surface area contributed by atoms with Crippen LogP contribution in [0.2, 0.25) is 0 Å². The van der Waals surface area contributed by atoms with Crippen molar-refractivity contribution in [2.24, 2.45) is 0 Å². The summed E-state index contributed by atoms with van der Waals surface area (Å²) in [6, 6.07) is 6.31. The van der Waals surface area contributed by atoms with Gasteiger partial charge in [-0.2, -0.15) is 0 Å². The largest absolute Gasteiger partial charge is 0.465 e. The number of hydrogen-bond acceptors (Lipinski definition) is 4. The van der Waals surface area contributed by atoms with Crippen molar-refractivity contribution in [1.29, 1.82) is 0 Å². The van der Waals surface area contributed by atoms with Crippen molar-refractivity contribution in [1.82, 2.24) is 5.32 Å². The summed E-state index contributed by atoms with van der Waals surface area (Å²) in [5.74, 6) is -2.13. The number of hydrogen-bond donors (Lipinski definition) is 2. The van der Waals surface area contributed by atoms with Crippen molar-refractivity contribution in [3.05, 3.63) is 29.8 Å². The number of carbonyl (C=O) groups excluding carboxylic acids is 3. The number of rotatable bonds is 4. The van der Waals surface area contributed by atoms with Crippen LogP contribution in [0.1, 0.15) is 23.7 Å². The van der Waals surface area contributed by atoms with Gasteiger partial charge in [-0.3, -0.25) is 9.59 Å². The second-order valence-corrected chi connectivity index (χ2v) is 3.75. The van der Waals surface area contributed by atoms with Crippen LogP contribution < -0.4 is 10.6 Å². The van der Waals surface area contributed by atoms with Crippen LogP contribution in [0, 0.1) is 0 Å². The van der Waals surface area contributed by atoms with Gasteiger partial charge in [0.1, 0.15) is 0 Å². The zero-order valence-corrected chi connectivity index (χ0v) is 10.9. The van der Waals surface area contributed by atoms with E-state index in [4.69, 9.17) is 0 Å². The molecule has 0 heterocycles. The van der Waals surface area contributed by atoms with Gasteiger partial charge in [-0.25, -0.2) is 4.79 Å². The zero-order valence-electron chi connectivity index (χ0n) is 10.9. The van der Waals surface area contributed by atoms with E-state index >= 15 is 0 Å². The highest BCUT2D eigenvalue weighted by Gasteiger charge is 2.17. The van der Waals surface area contributed by atoms with Crippen molar-refractivity contribution in [3.8, 4) is 0 Å². The molecule has 1 aromatic carbocycles. The molecule has 0 spiro atoms. The second-order valence-electron chi connectivity index (χ2n) is 3.75. The fraction of sp³-hybridized carbons (Fsp3) is 0.308. The second kappa shape index (κ2) is 7.15. The first-order chi connectivity index (χ1) is 9.10. The molecule has 6 nitrogen and oxygen atoms in total. The predicted octanol–water partition coefficient (Wildman–Crippen LogP) is 0.938. The molecule has 0 radical (unpaired) electrons. The molecule has 0 saturated carbocycles. The van der Waals surface area contributed by atoms with Gasteiger partial charge in [0.05, 0.1) is 18.4 Å². The SMILES string of the molecule is CCCNC(=O)C(=O)Nc1ccccc1C(=O)OC. The highest BCUT2D eigenvalue weighted by Crippen LogP contribution is 2.15. The van der Waals surface area contributed by atoms with Crippen LogP contribution in [0.15, 0.2) is 24.3 Å². The van der Waals surface area contributed by atoms with Crippen LogP contribution in [0.5, 0.6) is 0 Å². The summed E-state index contributed by atoms with van der Waals surface area (Å²) in [7, 11) is 1.24. The topological polar surface area (TPSA) is 84.5 Å². The molecule has 19 heavy (non-hydrogen) atoms. The Morgan fingerprint density at radius 1 is 1.16 bits per heavy atom. The monoisotopic (exact) mass is 264 g/mol. The van der Waals surface area contributed by atoms with Crippen LogP contribution in [0.4, 0.5) is 5.69 Å². The van der Waals surface area contributed by atoms with Gasteiger partial charge in [-0.15, -0.1) is 0 Å². The average Bonchev–Trinajstić information content (AvgIpc) is 2.44. The van der Waals surface area contributed by atoms with E-state index in [1.54, 1.807) is 12.1 Å². The minimum absolute atomic E-state index is 0.196. The molecule has 0 unspecified atom stereocenters. The first kappa shape index (κ1) is 14.7. The number of methoxy groups -OCH3 is 1. The average molecular weight is 264 g/mol. The summed E-state index contributed by atoms with van der Waals surface area (Å²) in [6.45, 7) is 2.30. The number of anilines is 1. The molecule has 6 heteroatoms. The Balaban J connectivity index is 2.79. The highest BCUT2D eigenvalue weighted by atomic mass is 16.5. The minimum Gasteiger partial charge on any atom is -0.465 e. The molecule has 0 atom stereocenters. The summed E-state index contributed by atoms with van der Waals surface area (Å²) in [4.78, 5) is 34.5. The number of para-hydroxylation sites is 1. The smallest absolute Gasteiger partial charge is 0.339 e. The molecule has 1 aromatic rings. The maximum atomic E-state index is 11.6. The lowest BCUT2D eigenvalue weighted by molar-refractivity contribution is -0.136. The Bertz CT molecular complexity index is 485. The quantitative estimate of drug-likeness (QED) is 0.626. The Labute approximate surface area is 111 Å². The van der Waals surface area contributed by atoms with Gasteiger partial charge in [0.2, 0.25) is 0 Å². The van der Waals surface area contributed by atoms with Crippen molar-refractivity contribution in [2.45, 2.75) is 13.3 Å². The minimum atomic E-state index is -0.815. The van der Waals surface area contributed by atoms with E-state index in [0.29, 0.717) is 6.54 Å². The van der Waals surface area contributed by atoms with E-state index in [1.807, 2.05) is 6.92 Å². The number of amides is 2. The normalized spacial score (nSPS) is 9.58. The Morgan fingerprint density at radius 2 is 1.84 bits per heavy atom. The van der Waals surface area contributed by atoms with E-state index in [2.05, 4.69) is 15.4 Å². The summed E-state index contributed by atoms with van der Waals surface area (Å²) < 4.78 is 4.59. The predicted molar refractivity (Wildman–Crippen MR) is 69.7 cm³/mol. The number of carbonyl (C=O) groups is 3. The summed E-state index contributed by atoms with van der Waals surface area (Å²) in [5.41, 5.74) is 0.438. The van der Waals surface area contributed by atoms with Crippen molar-refractivity contribution in [3.63, 3.8) is 0 Å². The van der Waals surface area contributed by atoms with E-state index in [1.165, 1.54) is 19.2 Å². The molecule has 0 aliphatic carbocycles. The molecule has 2 N–H and O–H groups in total. The zero-order chi connectivity index (χ0) is 14.3. The molecular formula is C13H16N2O4. The number of benzene rings is 1. The van der Waals surface area contributed by atoms with Gasteiger partial charge in [0.15, 0.2) is 0 Å². The molecular weight excluding hydrogens is 248 g/mol. The summed E-state index contributed by atoms with van der Waals surface area (Å²) >= 11 is 0. The Morgan fingerprint density at radius 3 is 2.47 bits per heavy atom. The van der Waals surface area contributed by atoms with Gasteiger partial charge in [-0.1, -0.05) is 19.1 Å². The molecule has 0 saturated heterocycles. The lowest BCUT2D eigenvalue weighted by Gasteiger charge is -2.09. The van der Waals surface area contributed by atoms with Crippen molar-refractivity contribution in [2.75, 3.05) is 19.0 Å². The first-order valence-corrected chi connectivity index (χ1v) is 5.86. The van der Waals surface area contributed by atoms with E-state index in [9.17, 15) is 14.4 Å². The van der Waals surface area contributed by atoms with Crippen LogP contribution in [-0.4, -0.2) is 31.4 Å². The molecule has 0 fully saturated rings. The van der Waals surface area contributed by atoms with Crippen LogP contribution in [0.25, 0.3) is 0 Å². The van der Waals surface area contributed by atoms with Gasteiger partial charge in [0.25, 0.3) is 0 Å². The molecule has 0 bridgehead atoms. The molecule has 0 aliphatic heterocycles. The van der Waals surface area contributed by atoms with Gasteiger partial charge < -0.3 is 15.4 Å². The lowest BCUT2D eigenvalue weighted by Crippen LogP contribution is -2.36. The molecule has 2 amide bonds. The fourth-order valence-electron chi connectivity index (χ4n) is 1.38. The number of nitrogens with one attached hydrogen (secondary N) is 2. The lowest BCUT2D eigenvalue weighted by atomic mass is 10.2. The third-order valence-electron chi connectivity index (χ3n) is 2.32. The number of ether oxygens (including phenoxy) is 1. The van der Waals surface area contributed by atoms with E-state index in [0.717, 1.165) is 6.42 Å². The maximum absolute atomic E-state index is 11.6. The first-order valence-electron chi connectivity index (χ1n) is 5.86. The van der Waals surface area contributed by atoms with Crippen LogP contribution in [-0.2, 0) is 14.3 Å². The number of esters is 1. The maximum Gasteiger partial charge on any atom is 0.339 e. The Kier molecular flexibility index (Phi) is 5.53. The van der Waals surface area contributed by atoms with Gasteiger partial charge in [-0.05, 0) is 18.6 Å². The fourth-order valence-corrected chi connectivity index (χ4v) is 1.38. The van der Waals surface area contributed by atoms with Crippen molar-refractivity contribution < 1.29 is 19.1 Å². The molecule has 0 aliphatic rings. The van der Waals surface area contributed by atoms with Gasteiger partial charge >= 0.3 is 17.8 Å². The highest BCUT2D eigenvalue weighted by molar-refractivity contribution is 6.39. The van der Waals surface area contributed by atoms with E-state index < -0.39 is 17.8 Å². The molecule has 0 aromatic heterocycles. The van der Waals surface area contributed by atoms with Crippen LogP contribution in [0.3, 0.4) is 0 Å². The van der Waals surface area contributed by atoms with Crippen molar-refractivity contribution >= 4 is 23.5 Å². The summed E-state index contributed by atoms with van der Waals surface area (Å²) in [6.07, 6.45) is 0.734. The van der Waals surface area contributed by atoms with Crippen LogP contribution >= 0.6 is 0 Å².